The van der Waals surface area contributed by atoms with E-state index < -0.39 is 31.3 Å². The second-order valence-corrected chi connectivity index (χ2v) is 7.02. The quantitative estimate of drug-likeness (QED) is 0.455. The number of hydrogen-bond donors (Lipinski definition) is 0. The van der Waals surface area contributed by atoms with Gasteiger partial charge in [0, 0.05) is 0 Å². The maximum atomic E-state index is 12.5. The van der Waals surface area contributed by atoms with E-state index in [0.717, 1.165) is 5.46 Å². The molecule has 4 rings (SSSR count). The monoisotopic (exact) mass is 416 g/mol. The molecule has 0 aliphatic carbocycles. The van der Waals surface area contributed by atoms with Gasteiger partial charge in [0.1, 0.15) is 12.7 Å². The largest absolute Gasteiger partial charge is 0.494 e. The molecule has 0 radical (unpaired) electrons. The lowest BCUT2D eigenvalue weighted by atomic mass is 9.77. The standard InChI is InChI=1S/C24H21BO6/c26-23(18-10-4-1-5-11-18)28-16-22-21(30-24(27)19-12-6-2-7-13-19)17-29-25(31-22)20-14-8-3-9-15-20/h1-15,21-22H,16-17H2/t21-,22-/m0/s1. The highest BCUT2D eigenvalue weighted by Gasteiger charge is 2.39. The Bertz CT molecular complexity index is 996. The molecule has 0 bridgehead atoms. The summed E-state index contributed by atoms with van der Waals surface area (Å²) in [5.41, 5.74) is 1.69. The van der Waals surface area contributed by atoms with Crippen LogP contribution in [0.4, 0.5) is 0 Å². The number of esters is 2. The van der Waals surface area contributed by atoms with E-state index in [4.69, 9.17) is 18.8 Å². The average Bonchev–Trinajstić information content (AvgIpc) is 2.84. The van der Waals surface area contributed by atoms with E-state index >= 15 is 0 Å². The minimum Gasteiger partial charge on any atom is -0.459 e. The van der Waals surface area contributed by atoms with Gasteiger partial charge >= 0.3 is 19.1 Å². The van der Waals surface area contributed by atoms with Crippen molar-refractivity contribution < 1.29 is 28.4 Å². The Morgan fingerprint density at radius 3 is 1.97 bits per heavy atom. The van der Waals surface area contributed by atoms with E-state index in [-0.39, 0.29) is 13.2 Å². The van der Waals surface area contributed by atoms with E-state index in [2.05, 4.69) is 0 Å². The molecule has 0 unspecified atom stereocenters. The topological polar surface area (TPSA) is 71.1 Å². The first-order valence-corrected chi connectivity index (χ1v) is 10.0. The summed E-state index contributed by atoms with van der Waals surface area (Å²) in [5, 5.41) is 0. The molecule has 31 heavy (non-hydrogen) atoms. The Morgan fingerprint density at radius 1 is 0.806 bits per heavy atom. The number of carbonyl (C=O) groups is 2. The predicted octanol–water partition coefficient (Wildman–Crippen LogP) is 2.88. The Balaban J connectivity index is 1.46. The van der Waals surface area contributed by atoms with Crippen LogP contribution in [0.25, 0.3) is 0 Å². The zero-order valence-corrected chi connectivity index (χ0v) is 16.8. The third-order valence-electron chi connectivity index (χ3n) is 4.85. The van der Waals surface area contributed by atoms with Crippen LogP contribution in [0.3, 0.4) is 0 Å². The van der Waals surface area contributed by atoms with Gasteiger partial charge in [-0.05, 0) is 29.7 Å². The van der Waals surface area contributed by atoms with Crippen molar-refractivity contribution in [1.82, 2.24) is 0 Å². The lowest BCUT2D eigenvalue weighted by Crippen LogP contribution is -2.54. The van der Waals surface area contributed by atoms with Gasteiger partial charge in [-0.25, -0.2) is 9.59 Å². The fraction of sp³-hybridized carbons (Fsp3) is 0.167. The summed E-state index contributed by atoms with van der Waals surface area (Å²) >= 11 is 0. The van der Waals surface area contributed by atoms with Crippen LogP contribution < -0.4 is 5.46 Å². The summed E-state index contributed by atoms with van der Waals surface area (Å²) in [6.07, 6.45) is -1.41. The normalized spacial score (nSPS) is 18.3. The summed E-state index contributed by atoms with van der Waals surface area (Å²) in [6, 6.07) is 26.8. The van der Waals surface area contributed by atoms with Crippen LogP contribution in [0, 0.1) is 0 Å². The number of carbonyl (C=O) groups excluding carboxylic acids is 2. The lowest BCUT2D eigenvalue weighted by Gasteiger charge is -2.34. The van der Waals surface area contributed by atoms with Gasteiger partial charge in [0.15, 0.2) is 6.10 Å². The third kappa shape index (κ3) is 5.39. The molecule has 1 heterocycles. The molecule has 0 aromatic heterocycles. The predicted molar refractivity (Wildman–Crippen MR) is 115 cm³/mol. The number of hydrogen-bond acceptors (Lipinski definition) is 6. The van der Waals surface area contributed by atoms with Gasteiger partial charge in [-0.3, -0.25) is 0 Å². The second kappa shape index (κ2) is 10.1. The minimum atomic E-state index is -0.726. The molecule has 6 nitrogen and oxygen atoms in total. The molecule has 3 aromatic rings. The highest BCUT2D eigenvalue weighted by atomic mass is 16.7. The van der Waals surface area contributed by atoms with Crippen LogP contribution in [0.2, 0.25) is 0 Å². The fourth-order valence-corrected chi connectivity index (χ4v) is 3.21. The van der Waals surface area contributed by atoms with Crippen molar-refractivity contribution in [3.63, 3.8) is 0 Å². The number of ether oxygens (including phenoxy) is 2. The van der Waals surface area contributed by atoms with Crippen molar-refractivity contribution in [3.8, 4) is 0 Å². The molecule has 0 saturated carbocycles. The Labute approximate surface area is 180 Å². The number of benzene rings is 3. The van der Waals surface area contributed by atoms with Crippen molar-refractivity contribution in [3.05, 3.63) is 102 Å². The van der Waals surface area contributed by atoms with Crippen LogP contribution in [0.1, 0.15) is 20.7 Å². The first kappa shape index (κ1) is 20.8. The molecular weight excluding hydrogens is 395 g/mol. The molecule has 0 amide bonds. The van der Waals surface area contributed by atoms with E-state index in [1.54, 1.807) is 48.5 Å². The molecule has 1 aliphatic heterocycles. The summed E-state index contributed by atoms with van der Waals surface area (Å²) in [7, 11) is -0.645. The Morgan fingerprint density at radius 2 is 1.35 bits per heavy atom. The van der Waals surface area contributed by atoms with Crippen LogP contribution >= 0.6 is 0 Å². The van der Waals surface area contributed by atoms with E-state index in [1.807, 2.05) is 42.5 Å². The molecule has 156 valence electrons. The zero-order chi connectivity index (χ0) is 21.5. The smallest absolute Gasteiger partial charge is 0.459 e. The highest BCUT2D eigenvalue weighted by Crippen LogP contribution is 2.18. The molecule has 1 saturated heterocycles. The maximum Gasteiger partial charge on any atom is 0.494 e. The third-order valence-corrected chi connectivity index (χ3v) is 4.85. The van der Waals surface area contributed by atoms with Crippen molar-refractivity contribution in [1.29, 1.82) is 0 Å². The minimum absolute atomic E-state index is 0.0762. The fourth-order valence-electron chi connectivity index (χ4n) is 3.21. The van der Waals surface area contributed by atoms with Gasteiger partial charge < -0.3 is 18.8 Å². The van der Waals surface area contributed by atoms with Crippen molar-refractivity contribution in [2.75, 3.05) is 13.2 Å². The molecule has 0 N–H and O–H groups in total. The zero-order valence-electron chi connectivity index (χ0n) is 16.8. The summed E-state index contributed by atoms with van der Waals surface area (Å²) in [6.45, 7) is 0.0405. The van der Waals surface area contributed by atoms with Crippen molar-refractivity contribution in [2.24, 2.45) is 0 Å². The molecule has 1 aliphatic rings. The van der Waals surface area contributed by atoms with E-state index in [9.17, 15) is 9.59 Å². The first-order valence-electron chi connectivity index (χ1n) is 10.0. The van der Waals surface area contributed by atoms with E-state index in [0.29, 0.717) is 11.1 Å². The first-order chi connectivity index (χ1) is 15.2. The van der Waals surface area contributed by atoms with Gasteiger partial charge in [-0.15, -0.1) is 0 Å². The molecule has 7 heteroatoms. The van der Waals surface area contributed by atoms with Crippen LogP contribution in [-0.2, 0) is 18.8 Å². The average molecular weight is 416 g/mol. The summed E-state index contributed by atoms with van der Waals surface area (Å²) < 4.78 is 22.9. The molecule has 1 fully saturated rings. The maximum absolute atomic E-state index is 12.5. The molecule has 3 aromatic carbocycles. The van der Waals surface area contributed by atoms with Gasteiger partial charge in [0.2, 0.25) is 0 Å². The van der Waals surface area contributed by atoms with Crippen LogP contribution in [-0.4, -0.2) is 44.5 Å². The molecule has 0 spiro atoms. The number of rotatable bonds is 6. The SMILES string of the molecule is O=C(OC[C@@H]1OB(c2ccccc2)OC[C@@H]1OC(=O)c1ccccc1)c1ccccc1. The highest BCUT2D eigenvalue weighted by molar-refractivity contribution is 6.61. The molecular formula is C24H21BO6. The van der Waals surface area contributed by atoms with Crippen LogP contribution in [0.15, 0.2) is 91.0 Å². The Hall–Kier alpha value is -3.42. The summed E-state index contributed by atoms with van der Waals surface area (Å²) in [5.74, 6) is -0.963. The molecule has 2 atom stereocenters. The van der Waals surface area contributed by atoms with Gasteiger partial charge in [-0.1, -0.05) is 66.7 Å². The van der Waals surface area contributed by atoms with E-state index in [1.165, 1.54) is 0 Å². The summed E-state index contributed by atoms with van der Waals surface area (Å²) in [4.78, 5) is 24.9. The van der Waals surface area contributed by atoms with Gasteiger partial charge in [0.05, 0.1) is 17.7 Å². The second-order valence-electron chi connectivity index (χ2n) is 7.02. The Kier molecular flexibility index (Phi) is 6.77. The van der Waals surface area contributed by atoms with Crippen molar-refractivity contribution in [2.45, 2.75) is 12.2 Å². The van der Waals surface area contributed by atoms with Gasteiger partial charge in [-0.2, -0.15) is 0 Å². The van der Waals surface area contributed by atoms with Crippen molar-refractivity contribution >= 4 is 24.5 Å². The van der Waals surface area contributed by atoms with Crippen LogP contribution in [0.5, 0.6) is 0 Å². The van der Waals surface area contributed by atoms with Gasteiger partial charge in [0.25, 0.3) is 0 Å². The lowest BCUT2D eigenvalue weighted by molar-refractivity contribution is -0.0811.